The molecule has 1 amide bonds. The van der Waals surface area contributed by atoms with E-state index in [2.05, 4.69) is 12.2 Å². The van der Waals surface area contributed by atoms with Gasteiger partial charge in [0.15, 0.2) is 6.29 Å². The molecule has 2 saturated heterocycles. The molecule has 13 atom stereocenters. The van der Waals surface area contributed by atoms with Crippen molar-refractivity contribution in [2.75, 3.05) is 19.8 Å². The van der Waals surface area contributed by atoms with Crippen molar-refractivity contribution in [2.45, 2.75) is 176 Å². The molecule has 2 heterocycles. The number of amides is 1. The third-order valence-electron chi connectivity index (χ3n) is 9.53. The van der Waals surface area contributed by atoms with E-state index in [1.165, 1.54) is 57.8 Å². The molecule has 12 N–H and O–H groups in total. The number of nitrogens with two attached hydrogens (primary N) is 1. The maximum absolute atomic E-state index is 12.4. The molecule has 0 aliphatic carbocycles. The fourth-order valence-corrected chi connectivity index (χ4v) is 6.30. The minimum Gasteiger partial charge on any atom is -0.477 e. The second-order valence-corrected chi connectivity index (χ2v) is 13.9. The summed E-state index contributed by atoms with van der Waals surface area (Å²) in [6.45, 7) is 1.18. The highest BCUT2D eigenvalue weighted by molar-refractivity contribution is 5.76. The van der Waals surface area contributed by atoms with Crippen molar-refractivity contribution in [1.82, 2.24) is 5.32 Å². The average Bonchev–Trinajstić information content (AvgIpc) is 3.11. The second kappa shape index (κ2) is 23.8. The molecule has 0 radical (unpaired) electrons. The van der Waals surface area contributed by atoms with Gasteiger partial charge >= 0.3 is 5.97 Å². The average molecular weight is 753 g/mol. The molecule has 2 aliphatic heterocycles. The molecule has 2 rings (SSSR count). The van der Waals surface area contributed by atoms with E-state index in [9.17, 15) is 55.5 Å². The van der Waals surface area contributed by atoms with Crippen LogP contribution in [0.5, 0.6) is 0 Å². The van der Waals surface area contributed by atoms with Gasteiger partial charge in [-0.05, 0) is 12.8 Å². The fraction of sp³-hybridized carbons (Fsp3) is 0.886. The lowest BCUT2D eigenvalue weighted by Gasteiger charge is -2.47. The Bertz CT molecular complexity index is 1060. The molecule has 17 heteroatoms. The molecule has 0 bridgehead atoms. The summed E-state index contributed by atoms with van der Waals surface area (Å²) < 4.78 is 22.2. The predicted octanol–water partition coefficient (Wildman–Crippen LogP) is -1.08. The summed E-state index contributed by atoms with van der Waals surface area (Å²) in [5, 5.41) is 95.2. The SMILES string of the molecule is CCCCCCCCCCCCC/C=C/[C@@H](O)[C@@H](N)CO[C@@H]1O[C@H](CO[C@]2(C(=O)O)C[C@H](O)[C@@H](NC(C)=O)[C@H]([C@@H](O)[C@H](O)CO)O2)[C@H](O)[C@H](O)[C@H]1O. The Morgan fingerprint density at radius 1 is 0.942 bits per heavy atom. The molecule has 2 fully saturated rings. The summed E-state index contributed by atoms with van der Waals surface area (Å²) >= 11 is 0. The number of aliphatic hydroxyl groups excluding tert-OH is 8. The number of carboxylic acid groups (broad SMARTS) is 1. The first-order chi connectivity index (χ1) is 24.7. The van der Waals surface area contributed by atoms with Crippen LogP contribution in [-0.4, -0.2) is 157 Å². The minimum absolute atomic E-state index is 0.340. The summed E-state index contributed by atoms with van der Waals surface area (Å²) in [5.74, 6) is -5.20. The van der Waals surface area contributed by atoms with Crippen molar-refractivity contribution in [2.24, 2.45) is 5.73 Å². The Balaban J connectivity index is 1.91. The van der Waals surface area contributed by atoms with Crippen molar-refractivity contribution >= 4 is 11.9 Å². The maximum atomic E-state index is 12.4. The van der Waals surface area contributed by atoms with E-state index in [4.69, 9.17) is 24.7 Å². The number of hydrogen-bond donors (Lipinski definition) is 11. The topological polar surface area (TPSA) is 291 Å². The monoisotopic (exact) mass is 752 g/mol. The Morgan fingerprint density at radius 3 is 2.10 bits per heavy atom. The number of carbonyl (C=O) groups excluding carboxylic acids is 1. The van der Waals surface area contributed by atoms with Gasteiger partial charge in [0.2, 0.25) is 5.91 Å². The standard InChI is InChI=1S/C35H64N2O15/c1-3-4-5-6-7-8-9-10-11-12-13-14-15-16-23(40)22(36)19-49-33-31(46)30(45)29(44)26(51-33)20-50-35(34(47)48)17-24(41)27(37-21(2)39)32(52-35)28(43)25(42)18-38/h15-16,22-33,38,40-46H,3-14,17-20,36H2,1-2H3,(H,37,39)(H,47,48)/b16-15+/t22-,23+,24-,25+,26+,27+,28-,29-,30-,31+,32+,33+,35+/m0/s1. The number of ether oxygens (including phenoxy) is 4. The highest BCUT2D eigenvalue weighted by Gasteiger charge is 2.56. The summed E-state index contributed by atoms with van der Waals surface area (Å²) in [6.07, 6.45) is -0.156. The van der Waals surface area contributed by atoms with Crippen molar-refractivity contribution in [3.63, 3.8) is 0 Å². The molecule has 0 aromatic carbocycles. The van der Waals surface area contributed by atoms with E-state index in [1.807, 2.05) is 6.08 Å². The van der Waals surface area contributed by atoms with Crippen LogP contribution in [0.15, 0.2) is 12.2 Å². The quantitative estimate of drug-likeness (QED) is 0.0391. The zero-order valence-corrected chi connectivity index (χ0v) is 30.4. The Hall–Kier alpha value is -1.84. The predicted molar refractivity (Wildman–Crippen MR) is 185 cm³/mol. The Kier molecular flexibility index (Phi) is 21.2. The smallest absolute Gasteiger partial charge is 0.364 e. The first-order valence-electron chi connectivity index (χ1n) is 18.6. The molecule has 52 heavy (non-hydrogen) atoms. The largest absolute Gasteiger partial charge is 0.477 e. The third-order valence-corrected chi connectivity index (χ3v) is 9.53. The molecule has 0 aromatic heterocycles. The molecular formula is C35H64N2O15. The highest BCUT2D eigenvalue weighted by atomic mass is 16.7. The number of hydrogen-bond acceptors (Lipinski definition) is 15. The number of carboxylic acids is 1. The van der Waals surface area contributed by atoms with Gasteiger partial charge in [-0.15, -0.1) is 0 Å². The highest BCUT2D eigenvalue weighted by Crippen LogP contribution is 2.35. The molecule has 0 saturated carbocycles. The van der Waals surface area contributed by atoms with Crippen LogP contribution in [-0.2, 0) is 28.5 Å². The molecule has 2 aliphatic rings. The summed E-state index contributed by atoms with van der Waals surface area (Å²) in [5.41, 5.74) is 6.07. The van der Waals surface area contributed by atoms with E-state index in [0.717, 1.165) is 26.2 Å². The number of aliphatic carboxylic acids is 1. The summed E-state index contributed by atoms with van der Waals surface area (Å²) in [6, 6.07) is -2.38. The van der Waals surface area contributed by atoms with Crippen LogP contribution in [0.3, 0.4) is 0 Å². The first kappa shape index (κ1) is 46.3. The van der Waals surface area contributed by atoms with Crippen molar-refractivity contribution < 1.29 is 74.5 Å². The molecule has 17 nitrogen and oxygen atoms in total. The van der Waals surface area contributed by atoms with E-state index >= 15 is 0 Å². The lowest BCUT2D eigenvalue weighted by atomic mass is 9.88. The number of aliphatic hydroxyl groups is 8. The number of allylic oxidation sites excluding steroid dienone is 1. The van der Waals surface area contributed by atoms with E-state index < -0.39 is 111 Å². The van der Waals surface area contributed by atoms with Gasteiger partial charge in [-0.25, -0.2) is 4.79 Å². The fourth-order valence-electron chi connectivity index (χ4n) is 6.30. The first-order valence-corrected chi connectivity index (χ1v) is 18.6. The van der Waals surface area contributed by atoms with Crippen LogP contribution in [0, 0.1) is 0 Å². The molecule has 304 valence electrons. The normalized spacial score (nSPS) is 32.0. The van der Waals surface area contributed by atoms with Crippen molar-refractivity contribution in [3.05, 3.63) is 12.2 Å². The number of unbranched alkanes of at least 4 members (excludes halogenated alkanes) is 11. The van der Waals surface area contributed by atoms with Crippen molar-refractivity contribution in [1.29, 1.82) is 0 Å². The van der Waals surface area contributed by atoms with Gasteiger partial charge < -0.3 is 76.0 Å². The van der Waals surface area contributed by atoms with E-state index in [1.54, 1.807) is 6.08 Å². The van der Waals surface area contributed by atoms with Crippen LogP contribution < -0.4 is 11.1 Å². The number of rotatable bonds is 25. The maximum Gasteiger partial charge on any atom is 0.364 e. The summed E-state index contributed by atoms with van der Waals surface area (Å²) in [7, 11) is 0. The lowest BCUT2D eigenvalue weighted by Crippen LogP contribution is -2.68. The van der Waals surface area contributed by atoms with Crippen molar-refractivity contribution in [3.8, 4) is 0 Å². The van der Waals surface area contributed by atoms with E-state index in [0.29, 0.717) is 0 Å². The molecular weight excluding hydrogens is 688 g/mol. The van der Waals surface area contributed by atoms with Gasteiger partial charge in [-0.1, -0.05) is 83.3 Å². The van der Waals surface area contributed by atoms with Gasteiger partial charge in [-0.2, -0.15) is 0 Å². The van der Waals surface area contributed by atoms with Crippen LogP contribution >= 0.6 is 0 Å². The van der Waals surface area contributed by atoms with E-state index in [-0.39, 0.29) is 6.61 Å². The number of nitrogens with one attached hydrogen (secondary N) is 1. The van der Waals surface area contributed by atoms with Gasteiger partial charge in [0.1, 0.15) is 42.7 Å². The van der Waals surface area contributed by atoms with Crippen LogP contribution in [0.4, 0.5) is 0 Å². The van der Waals surface area contributed by atoms with Crippen LogP contribution in [0.1, 0.15) is 97.3 Å². The van der Waals surface area contributed by atoms with Gasteiger partial charge in [0.25, 0.3) is 5.79 Å². The van der Waals surface area contributed by atoms with Gasteiger partial charge in [-0.3, -0.25) is 4.79 Å². The lowest BCUT2D eigenvalue weighted by molar-refractivity contribution is -0.339. The molecule has 0 spiro atoms. The van der Waals surface area contributed by atoms with Gasteiger partial charge in [0.05, 0.1) is 44.1 Å². The zero-order valence-electron chi connectivity index (χ0n) is 30.4. The zero-order chi connectivity index (χ0) is 38.8. The summed E-state index contributed by atoms with van der Waals surface area (Å²) in [4.78, 5) is 24.2. The Morgan fingerprint density at radius 2 is 1.54 bits per heavy atom. The molecule has 0 aromatic rings. The Labute approximate surface area is 305 Å². The third kappa shape index (κ3) is 14.4. The van der Waals surface area contributed by atoms with Gasteiger partial charge in [0, 0.05) is 13.3 Å². The van der Waals surface area contributed by atoms with Crippen LogP contribution in [0.2, 0.25) is 0 Å². The second-order valence-electron chi connectivity index (χ2n) is 13.9. The van der Waals surface area contributed by atoms with Crippen LogP contribution in [0.25, 0.3) is 0 Å². The molecule has 0 unspecified atom stereocenters. The number of carbonyl (C=O) groups is 2. The minimum atomic E-state index is -2.73.